The van der Waals surface area contributed by atoms with Gasteiger partial charge < -0.3 is 38.3 Å². The van der Waals surface area contributed by atoms with Gasteiger partial charge in [-0.1, -0.05) is 68.9 Å². The Balaban J connectivity index is 2.62. The summed E-state index contributed by atoms with van der Waals surface area (Å²) in [6, 6.07) is 5.96. The van der Waals surface area contributed by atoms with Crippen molar-refractivity contribution in [1.29, 1.82) is 0 Å². The lowest BCUT2D eigenvalue weighted by Crippen LogP contribution is -2.57. The highest BCUT2D eigenvalue weighted by molar-refractivity contribution is 5.94. The zero-order valence-corrected chi connectivity index (χ0v) is 23.7. The minimum atomic E-state index is -1.20. The van der Waals surface area contributed by atoms with Gasteiger partial charge in [0.1, 0.15) is 18.1 Å². The third-order valence-corrected chi connectivity index (χ3v) is 6.71. The summed E-state index contributed by atoms with van der Waals surface area (Å²) in [5.41, 5.74) is 17.4. The number of nitrogens with two attached hydrogens (primary N) is 3. The van der Waals surface area contributed by atoms with E-state index in [4.69, 9.17) is 17.2 Å². The fraction of sp³-hybridized carbons (Fsp3) is 0.655. The number of rotatable bonds is 23. The van der Waals surface area contributed by atoms with E-state index in [9.17, 15) is 24.3 Å². The predicted molar refractivity (Wildman–Crippen MR) is 156 cm³/mol. The molecule has 11 heteroatoms. The largest absolute Gasteiger partial charge is 0.394 e. The first kappa shape index (κ1) is 35.0. The van der Waals surface area contributed by atoms with Gasteiger partial charge in [0, 0.05) is 12.8 Å². The van der Waals surface area contributed by atoms with Gasteiger partial charge in [0.15, 0.2) is 0 Å². The number of unbranched alkanes of at least 4 members (excludes halogenated alkanes) is 8. The van der Waals surface area contributed by atoms with Crippen LogP contribution in [0.15, 0.2) is 30.3 Å². The van der Waals surface area contributed by atoms with Gasteiger partial charge in [-0.15, -0.1) is 0 Å². The average molecular weight is 563 g/mol. The zero-order valence-electron chi connectivity index (χ0n) is 23.7. The summed E-state index contributed by atoms with van der Waals surface area (Å²) in [5, 5.41) is 17.6. The van der Waals surface area contributed by atoms with E-state index < -0.39 is 42.5 Å². The molecular formula is C29H50N6O5. The van der Waals surface area contributed by atoms with Gasteiger partial charge in [-0.2, -0.15) is 0 Å². The van der Waals surface area contributed by atoms with Gasteiger partial charge in [-0.3, -0.25) is 19.2 Å². The zero-order chi connectivity index (χ0) is 29.6. The minimum Gasteiger partial charge on any atom is -0.394 e. The highest BCUT2D eigenvalue weighted by atomic mass is 16.3. The second-order valence-corrected chi connectivity index (χ2v) is 10.2. The summed E-state index contributed by atoms with van der Waals surface area (Å²) in [6.07, 6.45) is 10.2. The Morgan fingerprint density at radius 2 is 1.20 bits per heavy atom. The molecule has 0 aliphatic carbocycles. The molecule has 0 unspecified atom stereocenters. The van der Waals surface area contributed by atoms with Gasteiger partial charge in [0.05, 0.1) is 6.61 Å². The maximum Gasteiger partial charge on any atom is 0.245 e. The smallest absolute Gasteiger partial charge is 0.245 e. The predicted octanol–water partition coefficient (Wildman–Crippen LogP) is 0.760. The van der Waals surface area contributed by atoms with Crippen LogP contribution in [0.1, 0.15) is 82.6 Å². The number of nitrogens with one attached hydrogen (secondary N) is 3. The number of amides is 4. The average Bonchev–Trinajstić information content (AvgIpc) is 2.94. The van der Waals surface area contributed by atoms with E-state index in [2.05, 4.69) is 16.0 Å². The molecule has 4 amide bonds. The molecule has 0 aliphatic heterocycles. The fourth-order valence-electron chi connectivity index (χ4n) is 4.33. The Labute approximate surface area is 238 Å². The molecule has 0 heterocycles. The van der Waals surface area contributed by atoms with Gasteiger partial charge in [-0.25, -0.2) is 0 Å². The Hall–Kier alpha value is -3.02. The molecule has 1 aromatic carbocycles. The molecule has 0 aromatic heterocycles. The van der Waals surface area contributed by atoms with Crippen molar-refractivity contribution in [2.45, 2.75) is 102 Å². The summed E-state index contributed by atoms with van der Waals surface area (Å²) >= 11 is 0. The van der Waals surface area contributed by atoms with E-state index in [1.807, 2.05) is 30.3 Å². The first-order valence-electron chi connectivity index (χ1n) is 14.6. The van der Waals surface area contributed by atoms with Crippen LogP contribution >= 0.6 is 0 Å². The topological polar surface area (TPSA) is 203 Å². The number of hydrogen-bond donors (Lipinski definition) is 7. The van der Waals surface area contributed by atoms with Crippen molar-refractivity contribution in [2.24, 2.45) is 17.2 Å². The molecular weight excluding hydrogens is 512 g/mol. The van der Waals surface area contributed by atoms with E-state index >= 15 is 0 Å². The van der Waals surface area contributed by atoms with E-state index in [-0.39, 0.29) is 25.2 Å². The van der Waals surface area contributed by atoms with Crippen molar-refractivity contribution in [3.05, 3.63) is 35.9 Å². The molecule has 0 bridgehead atoms. The number of hydrogen-bond acceptors (Lipinski definition) is 7. The molecule has 40 heavy (non-hydrogen) atoms. The van der Waals surface area contributed by atoms with Crippen LogP contribution in [0.4, 0.5) is 0 Å². The SMILES string of the molecule is NCCCCCCCCCCC(=O)N[C@@H](CO)C(=O)N[C@@H](CCCCN)C(=O)N[C@@H](Cc1ccccc1)C(N)=O. The highest BCUT2D eigenvalue weighted by Gasteiger charge is 2.28. The van der Waals surface area contributed by atoms with Crippen molar-refractivity contribution >= 4 is 23.6 Å². The Kier molecular flexibility index (Phi) is 19.0. The third-order valence-electron chi connectivity index (χ3n) is 6.71. The number of carbonyl (C=O) groups is 4. The van der Waals surface area contributed by atoms with Crippen molar-refractivity contribution < 1.29 is 24.3 Å². The van der Waals surface area contributed by atoms with Crippen molar-refractivity contribution in [3.8, 4) is 0 Å². The Bertz CT molecular complexity index is 870. The summed E-state index contributed by atoms with van der Waals surface area (Å²) in [6.45, 7) is 0.536. The molecule has 226 valence electrons. The first-order valence-corrected chi connectivity index (χ1v) is 14.6. The normalized spacial score (nSPS) is 13.2. The maximum atomic E-state index is 13.1. The van der Waals surface area contributed by atoms with Crippen LogP contribution in [-0.4, -0.2) is 66.6 Å². The van der Waals surface area contributed by atoms with Gasteiger partial charge >= 0.3 is 0 Å². The molecule has 0 saturated carbocycles. The van der Waals surface area contributed by atoms with E-state index in [1.165, 1.54) is 6.42 Å². The molecule has 0 saturated heterocycles. The van der Waals surface area contributed by atoms with E-state index in [0.717, 1.165) is 50.6 Å². The summed E-state index contributed by atoms with van der Waals surface area (Å²) in [4.78, 5) is 50.4. The van der Waals surface area contributed by atoms with Crippen LogP contribution in [0.3, 0.4) is 0 Å². The lowest BCUT2D eigenvalue weighted by Gasteiger charge is -2.24. The third kappa shape index (κ3) is 15.5. The Morgan fingerprint density at radius 3 is 1.77 bits per heavy atom. The number of aliphatic hydroxyl groups excluding tert-OH is 1. The van der Waals surface area contributed by atoms with E-state index in [1.54, 1.807) is 0 Å². The second kappa shape index (κ2) is 21.8. The number of aliphatic hydroxyl groups is 1. The van der Waals surface area contributed by atoms with Crippen LogP contribution in [0.5, 0.6) is 0 Å². The van der Waals surface area contributed by atoms with Crippen LogP contribution in [-0.2, 0) is 25.6 Å². The molecule has 0 radical (unpaired) electrons. The van der Waals surface area contributed by atoms with Gasteiger partial charge in [-0.05, 0) is 50.8 Å². The molecule has 1 rings (SSSR count). The monoisotopic (exact) mass is 562 g/mol. The molecule has 10 N–H and O–H groups in total. The second-order valence-electron chi connectivity index (χ2n) is 10.2. The first-order chi connectivity index (χ1) is 19.3. The summed E-state index contributed by atoms with van der Waals surface area (Å²) < 4.78 is 0. The fourth-order valence-corrected chi connectivity index (χ4v) is 4.33. The lowest BCUT2D eigenvalue weighted by atomic mass is 10.0. The number of benzene rings is 1. The van der Waals surface area contributed by atoms with Crippen molar-refractivity contribution in [1.82, 2.24) is 16.0 Å². The standard InChI is InChI=1S/C29H50N6O5/c30-18-12-6-4-2-1-3-5-10-17-26(37)33-25(21-36)29(40)34-23(16-11-13-19-31)28(39)35-24(27(32)38)20-22-14-8-7-9-15-22/h7-9,14-15,23-25,36H,1-6,10-13,16-21,30-31H2,(H2,32,38)(H,33,37)(H,34,40)(H,35,39)/t23-,24-,25-/m0/s1. The number of primary amides is 1. The summed E-state index contributed by atoms with van der Waals surface area (Å²) in [7, 11) is 0. The van der Waals surface area contributed by atoms with Gasteiger partial charge in [0.2, 0.25) is 23.6 Å². The highest BCUT2D eigenvalue weighted by Crippen LogP contribution is 2.10. The Morgan fingerprint density at radius 1 is 0.675 bits per heavy atom. The van der Waals surface area contributed by atoms with Crippen LogP contribution in [0, 0.1) is 0 Å². The van der Waals surface area contributed by atoms with Crippen molar-refractivity contribution in [2.75, 3.05) is 19.7 Å². The van der Waals surface area contributed by atoms with E-state index in [0.29, 0.717) is 25.8 Å². The van der Waals surface area contributed by atoms with Crippen LogP contribution < -0.4 is 33.2 Å². The summed E-state index contributed by atoms with van der Waals surface area (Å²) in [5.74, 6) is -2.29. The quantitative estimate of drug-likeness (QED) is 0.0953. The molecule has 1 aromatic rings. The number of carbonyl (C=O) groups excluding carboxylic acids is 4. The molecule has 11 nitrogen and oxygen atoms in total. The molecule has 0 fully saturated rings. The van der Waals surface area contributed by atoms with Crippen LogP contribution in [0.25, 0.3) is 0 Å². The maximum absolute atomic E-state index is 13.1. The molecule has 0 aliphatic rings. The van der Waals surface area contributed by atoms with Crippen LogP contribution in [0.2, 0.25) is 0 Å². The molecule has 3 atom stereocenters. The molecule has 0 spiro atoms. The minimum absolute atomic E-state index is 0.203. The lowest BCUT2D eigenvalue weighted by molar-refractivity contribution is -0.134. The van der Waals surface area contributed by atoms with Crippen molar-refractivity contribution in [3.63, 3.8) is 0 Å². The van der Waals surface area contributed by atoms with Gasteiger partial charge in [0.25, 0.3) is 0 Å².